The van der Waals surface area contributed by atoms with Crippen LogP contribution in [0, 0.1) is 5.92 Å². The second kappa shape index (κ2) is 7.29. The summed E-state index contributed by atoms with van der Waals surface area (Å²) < 4.78 is 25.1. The SMILES string of the molecule is CC(C)(CNC(=O)C1CNC1)S(=O)(=O)c1ccc(Br)cc1.Cl. The van der Waals surface area contributed by atoms with Crippen LogP contribution < -0.4 is 10.6 Å². The van der Waals surface area contributed by atoms with E-state index < -0.39 is 14.6 Å². The number of carbonyl (C=O) groups excluding carboxylic acids is 1. The number of hydrogen-bond donors (Lipinski definition) is 2. The summed E-state index contributed by atoms with van der Waals surface area (Å²) >= 11 is 3.28. The Morgan fingerprint density at radius 2 is 1.86 bits per heavy atom. The van der Waals surface area contributed by atoms with Crippen LogP contribution in [0.25, 0.3) is 0 Å². The fourth-order valence-corrected chi connectivity index (χ4v) is 3.61. The van der Waals surface area contributed by atoms with Crippen molar-refractivity contribution in [2.24, 2.45) is 5.92 Å². The van der Waals surface area contributed by atoms with E-state index in [1.807, 2.05) is 0 Å². The summed E-state index contributed by atoms with van der Waals surface area (Å²) in [7, 11) is -3.52. The maximum Gasteiger partial charge on any atom is 0.225 e. The summed E-state index contributed by atoms with van der Waals surface area (Å²) in [5.41, 5.74) is 0. The van der Waals surface area contributed by atoms with Gasteiger partial charge in [-0.05, 0) is 38.1 Å². The first-order chi connectivity index (χ1) is 9.74. The molecule has 0 aromatic heterocycles. The molecule has 1 heterocycles. The molecule has 8 heteroatoms. The molecule has 0 atom stereocenters. The molecule has 1 aromatic rings. The van der Waals surface area contributed by atoms with Gasteiger partial charge in [0.2, 0.25) is 5.91 Å². The van der Waals surface area contributed by atoms with Gasteiger partial charge in [0.1, 0.15) is 0 Å². The number of halogens is 2. The molecule has 1 aromatic carbocycles. The minimum Gasteiger partial charge on any atom is -0.354 e. The van der Waals surface area contributed by atoms with Crippen LogP contribution in [0.2, 0.25) is 0 Å². The smallest absolute Gasteiger partial charge is 0.225 e. The number of hydrogen-bond acceptors (Lipinski definition) is 4. The third-order valence-electron chi connectivity index (χ3n) is 3.69. The fourth-order valence-electron chi connectivity index (χ4n) is 1.95. The van der Waals surface area contributed by atoms with Crippen LogP contribution in [0.1, 0.15) is 13.8 Å². The zero-order valence-electron chi connectivity index (χ0n) is 12.4. The summed E-state index contributed by atoms with van der Waals surface area (Å²) in [4.78, 5) is 12.1. The van der Waals surface area contributed by atoms with Gasteiger partial charge < -0.3 is 10.6 Å². The highest BCUT2D eigenvalue weighted by Gasteiger charge is 2.37. The van der Waals surface area contributed by atoms with E-state index in [1.165, 1.54) is 0 Å². The summed E-state index contributed by atoms with van der Waals surface area (Å²) in [5, 5.41) is 5.76. The average Bonchev–Trinajstić information content (AvgIpc) is 2.35. The van der Waals surface area contributed by atoms with E-state index in [1.54, 1.807) is 38.1 Å². The molecular weight excluding hydrogens is 392 g/mol. The van der Waals surface area contributed by atoms with Crippen LogP contribution in [0.15, 0.2) is 33.6 Å². The summed E-state index contributed by atoms with van der Waals surface area (Å²) in [6.45, 7) is 4.67. The van der Waals surface area contributed by atoms with Crippen molar-refractivity contribution in [1.82, 2.24) is 10.6 Å². The quantitative estimate of drug-likeness (QED) is 0.774. The van der Waals surface area contributed by atoms with Gasteiger partial charge in [0.15, 0.2) is 9.84 Å². The van der Waals surface area contributed by atoms with Gasteiger partial charge in [0, 0.05) is 24.1 Å². The molecule has 1 saturated heterocycles. The monoisotopic (exact) mass is 410 g/mol. The lowest BCUT2D eigenvalue weighted by Gasteiger charge is -2.29. The van der Waals surface area contributed by atoms with Crippen LogP contribution in [0.4, 0.5) is 0 Å². The van der Waals surface area contributed by atoms with Crippen molar-refractivity contribution in [1.29, 1.82) is 0 Å². The van der Waals surface area contributed by atoms with Gasteiger partial charge in [-0.3, -0.25) is 4.79 Å². The van der Waals surface area contributed by atoms with E-state index in [0.29, 0.717) is 13.1 Å². The van der Waals surface area contributed by atoms with Crippen LogP contribution in [0.5, 0.6) is 0 Å². The van der Waals surface area contributed by atoms with Crippen molar-refractivity contribution in [2.45, 2.75) is 23.5 Å². The number of rotatable bonds is 5. The summed E-state index contributed by atoms with van der Waals surface area (Å²) in [6.07, 6.45) is 0. The Labute approximate surface area is 145 Å². The van der Waals surface area contributed by atoms with Crippen molar-refractivity contribution in [3.05, 3.63) is 28.7 Å². The Balaban J connectivity index is 0.00000242. The third kappa shape index (κ3) is 4.01. The Morgan fingerprint density at radius 1 is 1.32 bits per heavy atom. The molecule has 0 unspecified atom stereocenters. The molecule has 1 aliphatic rings. The maximum atomic E-state index is 12.7. The summed E-state index contributed by atoms with van der Waals surface area (Å²) in [6, 6.07) is 6.53. The van der Waals surface area contributed by atoms with E-state index in [4.69, 9.17) is 0 Å². The van der Waals surface area contributed by atoms with Crippen molar-refractivity contribution in [3.8, 4) is 0 Å². The van der Waals surface area contributed by atoms with Crippen molar-refractivity contribution in [3.63, 3.8) is 0 Å². The number of nitrogens with one attached hydrogen (secondary N) is 2. The van der Waals surface area contributed by atoms with Gasteiger partial charge in [-0.2, -0.15) is 0 Å². The van der Waals surface area contributed by atoms with Gasteiger partial charge in [0.25, 0.3) is 0 Å². The van der Waals surface area contributed by atoms with Gasteiger partial charge in [-0.25, -0.2) is 8.42 Å². The maximum absolute atomic E-state index is 12.7. The Kier molecular flexibility index (Phi) is 6.44. The zero-order valence-corrected chi connectivity index (χ0v) is 15.6. The number of benzene rings is 1. The molecular formula is C14H20BrClN2O3S. The van der Waals surface area contributed by atoms with Crippen molar-refractivity contribution >= 4 is 44.1 Å². The summed E-state index contributed by atoms with van der Waals surface area (Å²) in [5.74, 6) is -0.135. The molecule has 2 rings (SSSR count). The van der Waals surface area contributed by atoms with Crippen LogP contribution in [-0.2, 0) is 14.6 Å². The first-order valence-electron chi connectivity index (χ1n) is 6.73. The standard InChI is InChI=1S/C14H19BrN2O3S.ClH/c1-14(2,9-17-13(18)10-7-16-8-10)21(19,20)12-5-3-11(15)4-6-12;/h3-6,10,16H,7-9H2,1-2H3,(H,17,18);1H. The first kappa shape index (κ1) is 19.4. The normalized spacial score (nSPS) is 15.6. The average molecular weight is 412 g/mol. The topological polar surface area (TPSA) is 75.3 Å². The van der Waals surface area contributed by atoms with E-state index in [2.05, 4.69) is 26.6 Å². The molecule has 0 radical (unpaired) electrons. The lowest BCUT2D eigenvalue weighted by Crippen LogP contribution is -2.53. The van der Waals surface area contributed by atoms with Gasteiger partial charge >= 0.3 is 0 Å². The molecule has 5 nitrogen and oxygen atoms in total. The van der Waals surface area contributed by atoms with Crippen molar-refractivity contribution in [2.75, 3.05) is 19.6 Å². The minimum atomic E-state index is -3.52. The second-order valence-corrected chi connectivity index (χ2v) is 9.29. The molecule has 1 fully saturated rings. The highest BCUT2D eigenvalue weighted by atomic mass is 79.9. The molecule has 0 aliphatic carbocycles. The van der Waals surface area contributed by atoms with Gasteiger partial charge in [-0.15, -0.1) is 12.4 Å². The molecule has 2 N–H and O–H groups in total. The predicted molar refractivity (Wildman–Crippen MR) is 92.0 cm³/mol. The molecule has 0 saturated carbocycles. The third-order valence-corrected chi connectivity index (χ3v) is 6.71. The molecule has 0 spiro atoms. The van der Waals surface area contributed by atoms with Crippen LogP contribution in [0.3, 0.4) is 0 Å². The molecule has 1 amide bonds. The van der Waals surface area contributed by atoms with E-state index in [9.17, 15) is 13.2 Å². The molecule has 124 valence electrons. The Bertz CT molecular complexity index is 628. The van der Waals surface area contributed by atoms with Gasteiger partial charge in [0.05, 0.1) is 15.6 Å². The number of carbonyl (C=O) groups is 1. The van der Waals surface area contributed by atoms with Crippen LogP contribution in [-0.4, -0.2) is 38.7 Å². The molecule has 1 aliphatic heterocycles. The largest absolute Gasteiger partial charge is 0.354 e. The van der Waals surface area contributed by atoms with E-state index in [0.717, 1.165) is 4.47 Å². The highest BCUT2D eigenvalue weighted by molar-refractivity contribution is 9.10. The highest BCUT2D eigenvalue weighted by Crippen LogP contribution is 2.26. The Morgan fingerprint density at radius 3 is 2.32 bits per heavy atom. The second-order valence-electron chi connectivity index (χ2n) is 5.79. The minimum absolute atomic E-state index is 0. The lowest BCUT2D eigenvalue weighted by molar-refractivity contribution is -0.126. The molecule has 22 heavy (non-hydrogen) atoms. The fraction of sp³-hybridized carbons (Fsp3) is 0.500. The van der Waals surface area contributed by atoms with Crippen molar-refractivity contribution < 1.29 is 13.2 Å². The van der Waals surface area contributed by atoms with E-state index >= 15 is 0 Å². The number of amides is 1. The molecule has 0 bridgehead atoms. The van der Waals surface area contributed by atoms with E-state index in [-0.39, 0.29) is 35.7 Å². The predicted octanol–water partition coefficient (Wildman–Crippen LogP) is 1.76. The first-order valence-corrected chi connectivity index (χ1v) is 9.00. The lowest BCUT2D eigenvalue weighted by atomic mass is 10.0. The van der Waals surface area contributed by atoms with Crippen LogP contribution >= 0.6 is 28.3 Å². The zero-order chi connectivity index (χ0) is 15.7. The van der Waals surface area contributed by atoms with Gasteiger partial charge in [-0.1, -0.05) is 15.9 Å². The Hall–Kier alpha value is -0.630. The number of sulfone groups is 1.